The van der Waals surface area contributed by atoms with Crippen molar-refractivity contribution in [1.82, 2.24) is 15.1 Å². The number of anilines is 1. The summed E-state index contributed by atoms with van der Waals surface area (Å²) in [5, 5.41) is 17.9. The summed E-state index contributed by atoms with van der Waals surface area (Å²) in [6.45, 7) is 1.60. The van der Waals surface area contributed by atoms with Gasteiger partial charge in [-0.05, 0) is 29.2 Å². The minimum absolute atomic E-state index is 0.0221. The number of fused-ring (bicyclic) bond motifs is 3. The summed E-state index contributed by atoms with van der Waals surface area (Å²) in [6, 6.07) is 15.7. The summed E-state index contributed by atoms with van der Waals surface area (Å²) in [4.78, 5) is 35.3. The quantitative estimate of drug-likeness (QED) is 0.486. The molecule has 0 aliphatic heterocycles. The topological polar surface area (TPSA) is 123 Å². The highest BCUT2D eigenvalue weighted by molar-refractivity contribution is 5.91. The number of ether oxygens (including phenoxy) is 1. The number of aliphatic carboxylic acids is 1. The van der Waals surface area contributed by atoms with E-state index in [1.165, 1.54) is 17.1 Å². The van der Waals surface area contributed by atoms with Crippen LogP contribution in [0.2, 0.25) is 0 Å². The summed E-state index contributed by atoms with van der Waals surface area (Å²) < 4.78 is 6.70. The van der Waals surface area contributed by atoms with E-state index in [1.54, 1.807) is 6.92 Å². The second-order valence-corrected chi connectivity index (χ2v) is 7.94. The molecular weight excluding hydrogens is 424 g/mol. The smallest absolute Gasteiger partial charge is 0.407 e. The van der Waals surface area contributed by atoms with E-state index in [1.807, 2.05) is 36.4 Å². The van der Waals surface area contributed by atoms with Gasteiger partial charge in [0.2, 0.25) is 5.91 Å². The predicted octanol–water partition coefficient (Wildman–Crippen LogP) is 3.22. The van der Waals surface area contributed by atoms with Crippen molar-refractivity contribution < 1.29 is 24.2 Å². The fourth-order valence-electron chi connectivity index (χ4n) is 4.04. The van der Waals surface area contributed by atoms with Gasteiger partial charge in [0.15, 0.2) is 0 Å². The number of aromatic nitrogens is 2. The lowest BCUT2D eigenvalue weighted by Gasteiger charge is -2.17. The number of hydrogen-bond donors (Lipinski definition) is 3. The molecule has 33 heavy (non-hydrogen) atoms. The molecule has 1 aliphatic rings. The van der Waals surface area contributed by atoms with Crippen LogP contribution in [0.5, 0.6) is 0 Å². The molecule has 1 atom stereocenters. The molecule has 1 aromatic heterocycles. The van der Waals surface area contributed by atoms with Crippen LogP contribution < -0.4 is 10.6 Å². The van der Waals surface area contributed by atoms with Gasteiger partial charge in [-0.2, -0.15) is 5.10 Å². The lowest BCUT2D eigenvalue weighted by Crippen LogP contribution is -2.36. The summed E-state index contributed by atoms with van der Waals surface area (Å²) >= 11 is 0. The second kappa shape index (κ2) is 9.56. The van der Waals surface area contributed by atoms with Gasteiger partial charge in [0.25, 0.3) is 0 Å². The Hall–Kier alpha value is -4.14. The molecule has 4 rings (SSSR count). The average Bonchev–Trinajstić information content (AvgIpc) is 3.33. The molecule has 1 unspecified atom stereocenters. The van der Waals surface area contributed by atoms with Crippen LogP contribution in [0, 0.1) is 0 Å². The molecule has 0 saturated carbocycles. The molecule has 1 aliphatic carbocycles. The Kier molecular flexibility index (Phi) is 6.39. The fraction of sp³-hybridized carbons (Fsp3) is 0.250. The molecule has 170 valence electrons. The number of carboxylic acid groups (broad SMARTS) is 1. The number of alkyl carbamates (subject to hydrolysis) is 1. The van der Waals surface area contributed by atoms with E-state index in [9.17, 15) is 14.4 Å². The highest BCUT2D eigenvalue weighted by Gasteiger charge is 2.29. The first kappa shape index (κ1) is 22.1. The van der Waals surface area contributed by atoms with Crippen LogP contribution in [-0.2, 0) is 20.9 Å². The molecule has 0 radical (unpaired) electrons. The summed E-state index contributed by atoms with van der Waals surface area (Å²) in [5.41, 5.74) is 4.94. The Bertz CT molecular complexity index is 1140. The molecule has 1 heterocycles. The number of amides is 2. The highest BCUT2D eigenvalue weighted by atomic mass is 16.5. The molecule has 0 fully saturated rings. The van der Waals surface area contributed by atoms with Crippen molar-refractivity contribution >= 4 is 23.7 Å². The zero-order chi connectivity index (χ0) is 23.4. The maximum absolute atomic E-state index is 12.3. The summed E-state index contributed by atoms with van der Waals surface area (Å²) in [6.07, 6.45) is 2.22. The molecule has 0 bridgehead atoms. The van der Waals surface area contributed by atoms with E-state index in [0.717, 1.165) is 22.3 Å². The summed E-state index contributed by atoms with van der Waals surface area (Å²) in [7, 11) is 0. The lowest BCUT2D eigenvalue weighted by atomic mass is 9.98. The van der Waals surface area contributed by atoms with Gasteiger partial charge in [-0.3, -0.25) is 14.3 Å². The van der Waals surface area contributed by atoms with Gasteiger partial charge in [0.1, 0.15) is 13.2 Å². The lowest BCUT2D eigenvalue weighted by molar-refractivity contribution is -0.137. The number of carbonyl (C=O) groups excluding carboxylic acids is 2. The number of rotatable bonds is 8. The monoisotopic (exact) mass is 448 g/mol. The van der Waals surface area contributed by atoms with Crippen LogP contribution in [0.15, 0.2) is 60.9 Å². The molecular formula is C24H24N4O5. The largest absolute Gasteiger partial charge is 0.480 e. The van der Waals surface area contributed by atoms with Gasteiger partial charge in [0.05, 0.1) is 11.9 Å². The van der Waals surface area contributed by atoms with E-state index in [0.29, 0.717) is 5.69 Å². The van der Waals surface area contributed by atoms with Crippen LogP contribution in [0.1, 0.15) is 30.4 Å². The standard InChI is InChI=1S/C24H24N4O5/c1-15(10-22(29)27-16-11-25-28(12-16)13-23(30)31)26-24(32)33-14-21-19-8-4-2-6-17(19)18-7-3-5-9-20(18)21/h2-9,11-12,15,21H,10,13-14H2,1H3,(H,26,32)(H,27,29)(H,30,31). The number of carboxylic acids is 1. The number of nitrogens with one attached hydrogen (secondary N) is 2. The molecule has 9 nitrogen and oxygen atoms in total. The minimum atomic E-state index is -1.03. The van der Waals surface area contributed by atoms with Gasteiger partial charge < -0.3 is 20.5 Å². The van der Waals surface area contributed by atoms with Gasteiger partial charge in [-0.1, -0.05) is 48.5 Å². The SMILES string of the molecule is CC(CC(=O)Nc1cnn(CC(=O)O)c1)NC(=O)OCC1c2ccccc2-c2ccccc21. The van der Waals surface area contributed by atoms with Crippen LogP contribution in [-0.4, -0.2) is 45.5 Å². The third-order valence-electron chi connectivity index (χ3n) is 5.41. The predicted molar refractivity (Wildman–Crippen MR) is 121 cm³/mol. The third-order valence-corrected chi connectivity index (χ3v) is 5.41. The normalized spacial score (nSPS) is 13.0. The first-order chi connectivity index (χ1) is 15.9. The van der Waals surface area contributed by atoms with E-state index in [-0.39, 0.29) is 31.4 Å². The van der Waals surface area contributed by atoms with Gasteiger partial charge in [-0.15, -0.1) is 0 Å². The van der Waals surface area contributed by atoms with E-state index in [4.69, 9.17) is 9.84 Å². The molecule has 3 aromatic rings. The van der Waals surface area contributed by atoms with E-state index < -0.39 is 18.1 Å². The maximum Gasteiger partial charge on any atom is 0.407 e. The zero-order valence-electron chi connectivity index (χ0n) is 18.0. The third kappa shape index (κ3) is 5.20. The van der Waals surface area contributed by atoms with Crippen molar-refractivity contribution in [3.63, 3.8) is 0 Å². The zero-order valence-corrected chi connectivity index (χ0v) is 18.0. The van der Waals surface area contributed by atoms with Crippen LogP contribution in [0.25, 0.3) is 11.1 Å². The van der Waals surface area contributed by atoms with Crippen molar-refractivity contribution in [2.24, 2.45) is 0 Å². The van der Waals surface area contributed by atoms with Crippen LogP contribution in [0.3, 0.4) is 0 Å². The van der Waals surface area contributed by atoms with Crippen molar-refractivity contribution in [2.45, 2.75) is 31.8 Å². The van der Waals surface area contributed by atoms with Crippen molar-refractivity contribution in [2.75, 3.05) is 11.9 Å². The number of nitrogens with zero attached hydrogens (tertiary/aromatic N) is 2. The Labute approximate surface area is 190 Å². The highest BCUT2D eigenvalue weighted by Crippen LogP contribution is 2.44. The fourth-order valence-corrected chi connectivity index (χ4v) is 4.04. The van der Waals surface area contributed by atoms with Crippen molar-refractivity contribution in [3.8, 4) is 11.1 Å². The van der Waals surface area contributed by atoms with Gasteiger partial charge in [-0.25, -0.2) is 4.79 Å². The molecule has 2 aromatic carbocycles. The molecule has 0 spiro atoms. The first-order valence-corrected chi connectivity index (χ1v) is 10.6. The van der Waals surface area contributed by atoms with E-state index in [2.05, 4.69) is 27.9 Å². The number of benzene rings is 2. The Morgan fingerprint density at radius 3 is 2.36 bits per heavy atom. The molecule has 0 saturated heterocycles. The van der Waals surface area contributed by atoms with Crippen molar-refractivity contribution in [1.29, 1.82) is 0 Å². The van der Waals surface area contributed by atoms with Crippen LogP contribution in [0.4, 0.5) is 10.5 Å². The average molecular weight is 448 g/mol. The second-order valence-electron chi connectivity index (χ2n) is 7.94. The Morgan fingerprint density at radius 1 is 1.09 bits per heavy atom. The first-order valence-electron chi connectivity index (χ1n) is 10.6. The minimum Gasteiger partial charge on any atom is -0.480 e. The Morgan fingerprint density at radius 2 is 1.73 bits per heavy atom. The molecule has 3 N–H and O–H groups in total. The van der Waals surface area contributed by atoms with Gasteiger partial charge in [0, 0.05) is 24.6 Å². The Balaban J connectivity index is 1.27. The van der Waals surface area contributed by atoms with Crippen molar-refractivity contribution in [3.05, 3.63) is 72.1 Å². The number of hydrogen-bond acceptors (Lipinski definition) is 5. The molecule has 9 heteroatoms. The van der Waals surface area contributed by atoms with E-state index >= 15 is 0 Å². The molecule has 2 amide bonds. The number of carbonyl (C=O) groups is 3. The maximum atomic E-state index is 12.3. The summed E-state index contributed by atoms with van der Waals surface area (Å²) in [5.74, 6) is -1.41. The van der Waals surface area contributed by atoms with Crippen LogP contribution >= 0.6 is 0 Å². The van der Waals surface area contributed by atoms with Gasteiger partial charge >= 0.3 is 12.1 Å².